The molecule has 2 aromatic carbocycles. The van der Waals surface area contributed by atoms with Gasteiger partial charge in [-0.05, 0) is 24.3 Å². The summed E-state index contributed by atoms with van der Waals surface area (Å²) >= 11 is 0. The van der Waals surface area contributed by atoms with Gasteiger partial charge in [0.1, 0.15) is 12.8 Å². The van der Waals surface area contributed by atoms with E-state index in [0.29, 0.717) is 0 Å². The number of ketones is 1. The van der Waals surface area contributed by atoms with Gasteiger partial charge in [0.15, 0.2) is 5.78 Å². The van der Waals surface area contributed by atoms with E-state index in [2.05, 4.69) is 0 Å². The molecule has 0 atom stereocenters. The van der Waals surface area contributed by atoms with Gasteiger partial charge in [0.25, 0.3) is 5.91 Å². The zero-order valence-corrected chi connectivity index (χ0v) is 18.2. The van der Waals surface area contributed by atoms with Gasteiger partial charge in [-0.3, -0.25) is 18.9 Å². The van der Waals surface area contributed by atoms with Crippen LogP contribution in [-0.2, 0) is 9.36 Å². The molecule has 0 saturated heterocycles. The van der Waals surface area contributed by atoms with E-state index in [9.17, 15) is 43.5 Å². The zero-order valence-electron chi connectivity index (χ0n) is 17.3. The Morgan fingerprint density at radius 2 is 1.11 bits per heavy atom. The van der Waals surface area contributed by atoms with Crippen LogP contribution in [0.2, 0.25) is 0 Å². The lowest BCUT2D eigenvalue weighted by molar-refractivity contribution is -0.137. The van der Waals surface area contributed by atoms with E-state index in [-0.39, 0.29) is 16.0 Å². The van der Waals surface area contributed by atoms with Crippen LogP contribution in [0.1, 0.15) is 57.4 Å². The Labute approximate surface area is 194 Å². The van der Waals surface area contributed by atoms with Gasteiger partial charge in [-0.1, -0.05) is 12.1 Å². The van der Waals surface area contributed by atoms with Crippen molar-refractivity contribution in [2.45, 2.75) is 0 Å². The Hall–Kier alpha value is -4.39. The second-order valence-corrected chi connectivity index (χ2v) is 8.58. The van der Waals surface area contributed by atoms with Crippen LogP contribution in [0.3, 0.4) is 0 Å². The largest absolute Gasteiger partial charge is 0.480 e. The van der Waals surface area contributed by atoms with Gasteiger partial charge in [0.05, 0.1) is 22.3 Å². The Kier molecular flexibility index (Phi) is 7.87. The van der Waals surface area contributed by atoms with E-state index in [1.807, 2.05) is 0 Å². The van der Waals surface area contributed by atoms with Crippen LogP contribution < -0.4 is 0 Å². The molecule has 0 saturated carbocycles. The molecule has 0 fully saturated rings. The number of hydrogen-bond donors (Lipinski definition) is 6. The number of amides is 1. The van der Waals surface area contributed by atoms with E-state index in [1.54, 1.807) is 0 Å². The predicted octanol–water partition coefficient (Wildman–Crippen LogP) is 0.674. The molecule has 0 aliphatic heterocycles. The highest BCUT2D eigenvalue weighted by Gasteiger charge is 2.30. The topological polar surface area (TPSA) is 244 Å². The van der Waals surface area contributed by atoms with Crippen LogP contribution in [0.4, 0.5) is 0 Å². The number of carboxylic acids is 4. The summed E-state index contributed by atoms with van der Waals surface area (Å²) in [6.07, 6.45) is -1.35. The van der Waals surface area contributed by atoms with Gasteiger partial charge >= 0.3 is 31.5 Å². The van der Waals surface area contributed by atoms with Crippen molar-refractivity contribution in [1.29, 1.82) is 0 Å². The molecule has 0 aliphatic rings. The van der Waals surface area contributed by atoms with E-state index in [1.165, 1.54) is 0 Å². The summed E-state index contributed by atoms with van der Waals surface area (Å²) in [6.45, 7) is -1.19. The minimum absolute atomic E-state index is 0.198. The first kappa shape index (κ1) is 26.9. The molecule has 184 valence electrons. The fourth-order valence-corrected chi connectivity index (χ4v) is 3.68. The van der Waals surface area contributed by atoms with Crippen LogP contribution in [0.25, 0.3) is 0 Å². The first-order valence-corrected chi connectivity index (χ1v) is 11.0. The van der Waals surface area contributed by atoms with Crippen molar-refractivity contribution in [3.8, 4) is 0 Å². The number of rotatable bonds is 10. The Balaban J connectivity index is 2.61. The maximum absolute atomic E-state index is 12.9. The van der Waals surface area contributed by atoms with Crippen LogP contribution in [-0.4, -0.2) is 83.5 Å². The van der Waals surface area contributed by atoms with Crippen LogP contribution in [0.5, 0.6) is 0 Å². The summed E-state index contributed by atoms with van der Waals surface area (Å²) < 4.78 is 11.3. The van der Waals surface area contributed by atoms with E-state index >= 15 is 0 Å². The minimum Gasteiger partial charge on any atom is -0.480 e. The van der Waals surface area contributed by atoms with Crippen LogP contribution in [0.15, 0.2) is 36.4 Å². The molecule has 2 aromatic rings. The van der Waals surface area contributed by atoms with Crippen molar-refractivity contribution in [2.75, 3.05) is 12.8 Å². The van der Waals surface area contributed by atoms with Crippen molar-refractivity contribution in [3.63, 3.8) is 0 Å². The van der Waals surface area contributed by atoms with Gasteiger partial charge in [-0.2, -0.15) is 0 Å². The maximum atomic E-state index is 12.9. The average molecular weight is 509 g/mol. The zero-order chi connectivity index (χ0) is 26.7. The second kappa shape index (κ2) is 10.3. The smallest absolute Gasteiger partial charge is 0.344 e. The average Bonchev–Trinajstić information content (AvgIpc) is 2.75. The van der Waals surface area contributed by atoms with Gasteiger partial charge in [-0.25, -0.2) is 14.4 Å². The lowest BCUT2D eigenvalue weighted by Crippen LogP contribution is -2.37. The van der Waals surface area contributed by atoms with Crippen LogP contribution >= 0.6 is 7.60 Å². The SMILES string of the molecule is O=C(O)CN(CP(=O)(O)O)C(=O)c1cc(C(=O)c2ccc(C(=O)O)c(C(=O)O)c2)ccc1C(=O)O. The lowest BCUT2D eigenvalue weighted by Gasteiger charge is -2.22. The van der Waals surface area contributed by atoms with E-state index in [4.69, 9.17) is 20.0 Å². The number of hydrogen-bond acceptors (Lipinski definition) is 7. The molecule has 0 radical (unpaired) electrons. The Morgan fingerprint density at radius 1 is 0.686 bits per heavy atom. The molecule has 0 spiro atoms. The molecule has 35 heavy (non-hydrogen) atoms. The molecule has 2 rings (SSSR count). The first-order valence-electron chi connectivity index (χ1n) is 9.20. The summed E-state index contributed by atoms with van der Waals surface area (Å²) in [7, 11) is -4.97. The number of carbonyl (C=O) groups excluding carboxylic acids is 2. The minimum atomic E-state index is -4.97. The monoisotopic (exact) mass is 509 g/mol. The molecular formula is C20H16NO13P. The second-order valence-electron chi connectivity index (χ2n) is 6.97. The predicted molar refractivity (Wildman–Crippen MR) is 113 cm³/mol. The van der Waals surface area contributed by atoms with Crippen LogP contribution in [0, 0.1) is 0 Å². The summed E-state index contributed by atoms with van der Waals surface area (Å²) in [5.41, 5.74) is -3.49. The number of benzene rings is 2. The summed E-state index contributed by atoms with van der Waals surface area (Å²) in [5.74, 6) is -8.89. The van der Waals surface area contributed by atoms with Crippen molar-refractivity contribution < 1.29 is 63.5 Å². The molecule has 0 heterocycles. The molecule has 1 amide bonds. The fraction of sp³-hybridized carbons (Fsp3) is 0.100. The Bertz CT molecular complexity index is 1310. The van der Waals surface area contributed by atoms with Gasteiger partial charge in [-0.15, -0.1) is 0 Å². The number of aliphatic carboxylic acids is 1. The summed E-state index contributed by atoms with van der Waals surface area (Å²) in [5, 5.41) is 36.7. The third-order valence-corrected chi connectivity index (χ3v) is 5.16. The normalized spacial score (nSPS) is 10.9. The highest BCUT2D eigenvalue weighted by molar-refractivity contribution is 7.51. The number of carboxylic acid groups (broad SMARTS) is 4. The third kappa shape index (κ3) is 6.57. The summed E-state index contributed by atoms with van der Waals surface area (Å²) in [4.78, 5) is 89.5. The maximum Gasteiger partial charge on any atom is 0.344 e. The first-order chi connectivity index (χ1) is 16.1. The highest BCUT2D eigenvalue weighted by Crippen LogP contribution is 2.35. The number of nitrogens with zero attached hydrogens (tertiary/aromatic N) is 1. The number of carbonyl (C=O) groups is 6. The molecule has 15 heteroatoms. The van der Waals surface area contributed by atoms with Crippen molar-refractivity contribution in [3.05, 3.63) is 69.8 Å². The molecule has 0 bridgehead atoms. The highest BCUT2D eigenvalue weighted by atomic mass is 31.2. The van der Waals surface area contributed by atoms with E-state index in [0.717, 1.165) is 36.4 Å². The van der Waals surface area contributed by atoms with Gasteiger partial charge in [0.2, 0.25) is 0 Å². The molecule has 0 aromatic heterocycles. The fourth-order valence-electron chi connectivity index (χ4n) is 3.01. The third-order valence-electron chi connectivity index (χ3n) is 4.45. The quantitative estimate of drug-likeness (QED) is 0.191. The van der Waals surface area contributed by atoms with Gasteiger partial charge < -0.3 is 35.1 Å². The molecule has 14 nitrogen and oxygen atoms in total. The van der Waals surface area contributed by atoms with Crippen molar-refractivity contribution in [2.24, 2.45) is 0 Å². The summed E-state index contributed by atoms with van der Waals surface area (Å²) in [6, 6.07) is 5.17. The molecular weight excluding hydrogens is 493 g/mol. The standard InChI is InChI=1S/C20H16NO13P/c22-15(23)7-21(8-35(32,33)34)17(25)13-5-9(1-3-11(13)18(26)27)16(24)10-2-4-12(19(28)29)14(6-10)20(30)31/h1-6H,7-8H2,(H,22,23)(H,26,27)(H,28,29)(H,30,31)(H2,32,33,34). The molecule has 0 aliphatic carbocycles. The van der Waals surface area contributed by atoms with E-state index < -0.39 is 78.2 Å². The number of aromatic carboxylic acids is 3. The van der Waals surface area contributed by atoms with Crippen molar-refractivity contribution in [1.82, 2.24) is 4.90 Å². The lowest BCUT2D eigenvalue weighted by atomic mass is 9.95. The Morgan fingerprint density at radius 3 is 1.51 bits per heavy atom. The molecule has 6 N–H and O–H groups in total. The van der Waals surface area contributed by atoms with Gasteiger partial charge in [0, 0.05) is 11.1 Å². The molecule has 0 unspecified atom stereocenters. The van der Waals surface area contributed by atoms with Crippen molar-refractivity contribution >= 4 is 43.2 Å².